The molecule has 0 aliphatic heterocycles. The standard InChI is InChI=1S/C17H25IN2O3/c1-6-23-15(21)9-11(2)19-16(22)13-10-12(18)7-8-14(13)20-17(3,4)5/h7-8,10-11,20H,6,9H2,1-5H3,(H,19,22)/t11-/m1/s1. The van der Waals surface area contributed by atoms with E-state index in [0.717, 1.165) is 9.26 Å². The molecule has 0 unspecified atom stereocenters. The summed E-state index contributed by atoms with van der Waals surface area (Å²) in [6.45, 7) is 10.0. The second-order valence-corrected chi connectivity index (χ2v) is 7.69. The minimum absolute atomic E-state index is 0.154. The lowest BCUT2D eigenvalue weighted by atomic mass is 10.1. The maximum absolute atomic E-state index is 12.5. The number of nitrogens with one attached hydrogen (secondary N) is 2. The number of esters is 1. The predicted octanol–water partition coefficient (Wildman–Crippen LogP) is 3.57. The summed E-state index contributed by atoms with van der Waals surface area (Å²) in [4.78, 5) is 24.0. The van der Waals surface area contributed by atoms with Crippen LogP contribution in [0.5, 0.6) is 0 Å². The molecule has 2 N–H and O–H groups in total. The first-order chi connectivity index (χ1) is 10.6. The van der Waals surface area contributed by atoms with E-state index in [-0.39, 0.29) is 29.9 Å². The average molecular weight is 432 g/mol. The summed E-state index contributed by atoms with van der Waals surface area (Å²) in [5, 5.41) is 6.19. The molecule has 1 atom stereocenters. The van der Waals surface area contributed by atoms with E-state index in [1.807, 2.05) is 39.0 Å². The Kier molecular flexibility index (Phi) is 7.31. The zero-order chi connectivity index (χ0) is 17.6. The normalized spacial score (nSPS) is 12.4. The summed E-state index contributed by atoms with van der Waals surface area (Å²) in [6, 6.07) is 5.40. The van der Waals surface area contributed by atoms with Crippen LogP contribution >= 0.6 is 22.6 Å². The maximum atomic E-state index is 12.5. The van der Waals surface area contributed by atoms with Crippen LogP contribution in [0.3, 0.4) is 0 Å². The zero-order valence-electron chi connectivity index (χ0n) is 14.3. The fourth-order valence-electron chi connectivity index (χ4n) is 2.04. The zero-order valence-corrected chi connectivity index (χ0v) is 16.5. The molecule has 0 aromatic heterocycles. The Balaban J connectivity index is 2.86. The van der Waals surface area contributed by atoms with Gasteiger partial charge in [-0.05, 0) is 75.4 Å². The minimum atomic E-state index is -0.309. The van der Waals surface area contributed by atoms with E-state index in [0.29, 0.717) is 12.2 Å². The van der Waals surface area contributed by atoms with Crippen LogP contribution in [0.25, 0.3) is 0 Å². The van der Waals surface area contributed by atoms with Crippen molar-refractivity contribution in [2.45, 2.75) is 52.6 Å². The molecule has 0 radical (unpaired) electrons. The van der Waals surface area contributed by atoms with Gasteiger partial charge in [0.1, 0.15) is 0 Å². The van der Waals surface area contributed by atoms with Crippen molar-refractivity contribution in [3.8, 4) is 0 Å². The van der Waals surface area contributed by atoms with Crippen molar-refractivity contribution >= 4 is 40.2 Å². The van der Waals surface area contributed by atoms with Gasteiger partial charge in [-0.3, -0.25) is 9.59 Å². The van der Waals surface area contributed by atoms with Crippen molar-refractivity contribution in [3.63, 3.8) is 0 Å². The SMILES string of the molecule is CCOC(=O)C[C@@H](C)NC(=O)c1cc(I)ccc1NC(C)(C)C. The van der Waals surface area contributed by atoms with Gasteiger partial charge in [0, 0.05) is 20.8 Å². The van der Waals surface area contributed by atoms with E-state index in [1.54, 1.807) is 13.8 Å². The molecular weight excluding hydrogens is 407 g/mol. The van der Waals surface area contributed by atoms with E-state index in [4.69, 9.17) is 4.74 Å². The van der Waals surface area contributed by atoms with Crippen molar-refractivity contribution in [3.05, 3.63) is 27.3 Å². The van der Waals surface area contributed by atoms with E-state index < -0.39 is 0 Å². The van der Waals surface area contributed by atoms with Crippen LogP contribution in [0.1, 0.15) is 51.4 Å². The molecule has 0 bridgehead atoms. The summed E-state index contributed by atoms with van der Waals surface area (Å²) < 4.78 is 5.88. The molecule has 0 heterocycles. The lowest BCUT2D eigenvalue weighted by Crippen LogP contribution is -2.36. The number of carbonyl (C=O) groups is 2. The molecule has 1 amide bonds. The Bertz CT molecular complexity index is 567. The topological polar surface area (TPSA) is 67.4 Å². The van der Waals surface area contributed by atoms with Gasteiger partial charge in [-0.15, -0.1) is 0 Å². The van der Waals surface area contributed by atoms with Crippen LogP contribution in [0.2, 0.25) is 0 Å². The Morgan fingerprint density at radius 3 is 2.52 bits per heavy atom. The Hall–Kier alpha value is -1.31. The van der Waals surface area contributed by atoms with E-state index >= 15 is 0 Å². The number of hydrogen-bond donors (Lipinski definition) is 2. The number of ether oxygens (including phenoxy) is 1. The van der Waals surface area contributed by atoms with Gasteiger partial charge in [-0.25, -0.2) is 0 Å². The molecule has 1 aromatic carbocycles. The molecule has 1 aromatic rings. The number of amides is 1. The minimum Gasteiger partial charge on any atom is -0.466 e. The molecule has 0 saturated heterocycles. The predicted molar refractivity (Wildman–Crippen MR) is 101 cm³/mol. The summed E-state index contributed by atoms with van der Waals surface area (Å²) in [5.74, 6) is -0.511. The number of benzene rings is 1. The Morgan fingerprint density at radius 1 is 1.30 bits per heavy atom. The third-order valence-corrected chi connectivity index (χ3v) is 3.56. The van der Waals surface area contributed by atoms with Crippen LogP contribution in [0, 0.1) is 3.57 Å². The summed E-state index contributed by atoms with van der Waals surface area (Å²) in [7, 11) is 0. The van der Waals surface area contributed by atoms with Crippen molar-refractivity contribution in [1.29, 1.82) is 0 Å². The highest BCUT2D eigenvalue weighted by Crippen LogP contribution is 2.22. The van der Waals surface area contributed by atoms with Crippen LogP contribution in [-0.2, 0) is 9.53 Å². The average Bonchev–Trinajstić information content (AvgIpc) is 2.39. The molecule has 1 rings (SSSR count). The molecule has 0 aliphatic carbocycles. The van der Waals surface area contributed by atoms with Gasteiger partial charge in [-0.1, -0.05) is 0 Å². The van der Waals surface area contributed by atoms with Gasteiger partial charge in [0.2, 0.25) is 0 Å². The molecule has 128 valence electrons. The Morgan fingerprint density at radius 2 is 1.96 bits per heavy atom. The Labute approximate surface area is 151 Å². The summed E-state index contributed by atoms with van der Waals surface area (Å²) in [5.41, 5.74) is 1.19. The number of halogens is 1. The molecular formula is C17H25IN2O3. The third kappa shape index (κ3) is 7.20. The number of carbonyl (C=O) groups excluding carboxylic acids is 2. The second kappa shape index (κ2) is 8.52. The third-order valence-electron chi connectivity index (χ3n) is 2.89. The van der Waals surface area contributed by atoms with Crippen molar-refractivity contribution in [1.82, 2.24) is 5.32 Å². The molecule has 0 fully saturated rings. The van der Waals surface area contributed by atoms with Gasteiger partial charge in [0.25, 0.3) is 5.91 Å². The first kappa shape index (κ1) is 19.7. The summed E-state index contributed by atoms with van der Waals surface area (Å²) in [6.07, 6.45) is 0.158. The lowest BCUT2D eigenvalue weighted by Gasteiger charge is -2.24. The molecule has 6 heteroatoms. The highest BCUT2D eigenvalue weighted by molar-refractivity contribution is 14.1. The lowest BCUT2D eigenvalue weighted by molar-refractivity contribution is -0.143. The van der Waals surface area contributed by atoms with Gasteiger partial charge in [-0.2, -0.15) is 0 Å². The molecule has 5 nitrogen and oxygen atoms in total. The fraction of sp³-hybridized carbons (Fsp3) is 0.529. The fourth-order valence-corrected chi connectivity index (χ4v) is 2.53. The van der Waals surface area contributed by atoms with Gasteiger partial charge >= 0.3 is 5.97 Å². The first-order valence-corrected chi connectivity index (χ1v) is 8.74. The first-order valence-electron chi connectivity index (χ1n) is 7.66. The van der Waals surface area contributed by atoms with E-state index in [2.05, 4.69) is 33.2 Å². The number of rotatable bonds is 6. The molecule has 23 heavy (non-hydrogen) atoms. The van der Waals surface area contributed by atoms with E-state index in [9.17, 15) is 9.59 Å². The van der Waals surface area contributed by atoms with Crippen molar-refractivity contribution in [2.24, 2.45) is 0 Å². The highest BCUT2D eigenvalue weighted by atomic mass is 127. The van der Waals surface area contributed by atoms with Crippen LogP contribution in [0.4, 0.5) is 5.69 Å². The largest absolute Gasteiger partial charge is 0.466 e. The number of anilines is 1. The van der Waals surface area contributed by atoms with Crippen LogP contribution in [0.15, 0.2) is 18.2 Å². The number of hydrogen-bond acceptors (Lipinski definition) is 4. The van der Waals surface area contributed by atoms with Crippen molar-refractivity contribution in [2.75, 3.05) is 11.9 Å². The van der Waals surface area contributed by atoms with Crippen LogP contribution in [-0.4, -0.2) is 30.1 Å². The quantitative estimate of drug-likeness (QED) is 0.533. The van der Waals surface area contributed by atoms with Crippen LogP contribution < -0.4 is 10.6 Å². The smallest absolute Gasteiger partial charge is 0.307 e. The van der Waals surface area contributed by atoms with Gasteiger partial charge in [0.15, 0.2) is 0 Å². The molecule has 0 saturated carbocycles. The highest BCUT2D eigenvalue weighted by Gasteiger charge is 2.19. The monoisotopic (exact) mass is 432 g/mol. The van der Waals surface area contributed by atoms with Crippen molar-refractivity contribution < 1.29 is 14.3 Å². The second-order valence-electron chi connectivity index (χ2n) is 6.45. The molecule has 0 aliphatic rings. The summed E-state index contributed by atoms with van der Waals surface area (Å²) >= 11 is 2.18. The van der Waals surface area contributed by atoms with Gasteiger partial charge in [0.05, 0.1) is 18.6 Å². The molecule has 0 spiro atoms. The maximum Gasteiger partial charge on any atom is 0.307 e. The van der Waals surface area contributed by atoms with E-state index in [1.165, 1.54) is 0 Å². The van der Waals surface area contributed by atoms with Gasteiger partial charge < -0.3 is 15.4 Å².